The Morgan fingerprint density at radius 3 is 2.63 bits per heavy atom. The van der Waals surface area contributed by atoms with Gasteiger partial charge in [-0.2, -0.15) is 0 Å². The number of carboxylic acids is 1. The molecule has 0 bridgehead atoms. The maximum Gasteiger partial charge on any atom is 0.305 e. The Morgan fingerprint density at radius 2 is 2.00 bits per heavy atom. The standard InChI is InChI=1S/C13H14N2O4/c16-11-7-14-13(19)10(6-12(17)18)15(11)8-9-4-2-1-3-5-9/h1-5,10H,6-8H2,(H,14,19)(H,17,18)/t10-/m1/s1. The number of hydrogen-bond donors (Lipinski definition) is 2. The van der Waals surface area contributed by atoms with E-state index < -0.39 is 17.9 Å². The smallest absolute Gasteiger partial charge is 0.305 e. The highest BCUT2D eigenvalue weighted by Crippen LogP contribution is 2.14. The Bertz CT molecular complexity index is 501. The number of aliphatic carboxylic acids is 1. The van der Waals surface area contributed by atoms with E-state index in [1.165, 1.54) is 4.90 Å². The molecule has 1 aromatic rings. The van der Waals surface area contributed by atoms with Gasteiger partial charge in [0, 0.05) is 6.54 Å². The number of amides is 2. The first kappa shape index (κ1) is 13.1. The number of nitrogens with one attached hydrogen (secondary N) is 1. The fourth-order valence-corrected chi connectivity index (χ4v) is 2.04. The lowest BCUT2D eigenvalue weighted by Gasteiger charge is -2.34. The van der Waals surface area contributed by atoms with E-state index in [-0.39, 0.29) is 25.4 Å². The Labute approximate surface area is 110 Å². The molecule has 0 aromatic heterocycles. The molecule has 2 rings (SSSR count). The normalized spacial score (nSPS) is 19.2. The van der Waals surface area contributed by atoms with E-state index in [2.05, 4.69) is 5.32 Å². The van der Waals surface area contributed by atoms with Crippen molar-refractivity contribution in [3.05, 3.63) is 35.9 Å². The Kier molecular flexibility index (Phi) is 3.79. The van der Waals surface area contributed by atoms with E-state index in [0.29, 0.717) is 0 Å². The SMILES string of the molecule is O=C(O)C[C@@H]1C(=O)NCC(=O)N1Cc1ccccc1. The molecule has 2 amide bonds. The Hall–Kier alpha value is -2.37. The van der Waals surface area contributed by atoms with Crippen LogP contribution in [0.3, 0.4) is 0 Å². The summed E-state index contributed by atoms with van der Waals surface area (Å²) in [4.78, 5) is 35.7. The van der Waals surface area contributed by atoms with Crippen molar-refractivity contribution in [2.45, 2.75) is 19.0 Å². The minimum absolute atomic E-state index is 0.0816. The van der Waals surface area contributed by atoms with Crippen LogP contribution in [-0.2, 0) is 20.9 Å². The molecule has 1 aliphatic rings. The summed E-state index contributed by atoms with van der Waals surface area (Å²) in [5.74, 6) is -1.79. The number of hydrogen-bond acceptors (Lipinski definition) is 3. The number of rotatable bonds is 4. The molecular weight excluding hydrogens is 248 g/mol. The molecule has 0 saturated carbocycles. The van der Waals surface area contributed by atoms with Crippen molar-refractivity contribution < 1.29 is 19.5 Å². The van der Waals surface area contributed by atoms with Gasteiger partial charge in [-0.15, -0.1) is 0 Å². The predicted octanol–water partition coefficient (Wildman–Crippen LogP) is -0.0117. The zero-order chi connectivity index (χ0) is 13.8. The molecule has 1 fully saturated rings. The van der Waals surface area contributed by atoms with Gasteiger partial charge < -0.3 is 15.3 Å². The number of carbonyl (C=O) groups excluding carboxylic acids is 2. The second-order valence-electron chi connectivity index (χ2n) is 4.34. The van der Waals surface area contributed by atoms with Gasteiger partial charge >= 0.3 is 5.97 Å². The third kappa shape index (κ3) is 3.09. The van der Waals surface area contributed by atoms with Gasteiger partial charge in [-0.25, -0.2) is 0 Å². The first-order chi connectivity index (χ1) is 9.08. The van der Waals surface area contributed by atoms with Crippen LogP contribution in [-0.4, -0.2) is 40.4 Å². The summed E-state index contributed by atoms with van der Waals surface area (Å²) in [6.07, 6.45) is -0.385. The molecule has 6 heteroatoms. The van der Waals surface area contributed by atoms with Crippen LogP contribution < -0.4 is 5.32 Å². The highest BCUT2D eigenvalue weighted by molar-refractivity contribution is 5.96. The van der Waals surface area contributed by atoms with E-state index in [1.807, 2.05) is 30.3 Å². The maximum absolute atomic E-state index is 11.9. The van der Waals surface area contributed by atoms with Gasteiger partial charge in [-0.05, 0) is 5.56 Å². The largest absolute Gasteiger partial charge is 0.481 e. The Morgan fingerprint density at radius 1 is 1.32 bits per heavy atom. The predicted molar refractivity (Wildman–Crippen MR) is 66.0 cm³/mol. The highest BCUT2D eigenvalue weighted by Gasteiger charge is 2.35. The van der Waals surface area contributed by atoms with Gasteiger partial charge in [0.15, 0.2) is 0 Å². The topological polar surface area (TPSA) is 86.7 Å². The summed E-state index contributed by atoms with van der Waals surface area (Å²) in [5, 5.41) is 11.2. The van der Waals surface area contributed by atoms with Crippen molar-refractivity contribution in [2.24, 2.45) is 0 Å². The summed E-state index contributed by atoms with van der Waals surface area (Å²) < 4.78 is 0. The van der Waals surface area contributed by atoms with E-state index >= 15 is 0 Å². The molecule has 0 radical (unpaired) electrons. The molecule has 1 saturated heterocycles. The summed E-state index contributed by atoms with van der Waals surface area (Å²) in [6, 6.07) is 8.23. The number of nitrogens with zero attached hydrogens (tertiary/aromatic N) is 1. The molecule has 19 heavy (non-hydrogen) atoms. The molecule has 2 N–H and O–H groups in total. The molecule has 1 aliphatic heterocycles. The van der Waals surface area contributed by atoms with Crippen LogP contribution in [0.1, 0.15) is 12.0 Å². The molecule has 0 unspecified atom stereocenters. The van der Waals surface area contributed by atoms with Crippen LogP contribution in [0.25, 0.3) is 0 Å². The van der Waals surface area contributed by atoms with Gasteiger partial charge in [0.1, 0.15) is 6.04 Å². The molecule has 6 nitrogen and oxygen atoms in total. The minimum atomic E-state index is -1.10. The van der Waals surface area contributed by atoms with Gasteiger partial charge in [0.25, 0.3) is 0 Å². The van der Waals surface area contributed by atoms with Crippen LogP contribution in [0.4, 0.5) is 0 Å². The van der Waals surface area contributed by atoms with Gasteiger partial charge in [0.2, 0.25) is 11.8 Å². The van der Waals surface area contributed by atoms with Gasteiger partial charge in [-0.3, -0.25) is 14.4 Å². The molecule has 0 spiro atoms. The number of carboxylic acid groups (broad SMARTS) is 1. The fourth-order valence-electron chi connectivity index (χ4n) is 2.04. The second-order valence-corrected chi connectivity index (χ2v) is 4.34. The summed E-state index contributed by atoms with van der Waals surface area (Å²) >= 11 is 0. The van der Waals surface area contributed by atoms with Crippen LogP contribution >= 0.6 is 0 Å². The van der Waals surface area contributed by atoms with Crippen molar-refractivity contribution in [3.63, 3.8) is 0 Å². The lowest BCUT2D eigenvalue weighted by molar-refractivity contribution is -0.150. The molecule has 0 aliphatic carbocycles. The summed E-state index contributed by atoms with van der Waals surface area (Å²) in [6.45, 7) is 0.160. The van der Waals surface area contributed by atoms with Gasteiger partial charge in [0.05, 0.1) is 13.0 Å². The van der Waals surface area contributed by atoms with Crippen LogP contribution in [0.15, 0.2) is 30.3 Å². The first-order valence-electron chi connectivity index (χ1n) is 5.91. The average molecular weight is 262 g/mol. The molecule has 1 atom stereocenters. The maximum atomic E-state index is 11.9. The minimum Gasteiger partial charge on any atom is -0.481 e. The molecular formula is C13H14N2O4. The van der Waals surface area contributed by atoms with Crippen molar-refractivity contribution in [3.8, 4) is 0 Å². The number of piperazine rings is 1. The summed E-state index contributed by atoms with van der Waals surface area (Å²) in [5.41, 5.74) is 0.862. The van der Waals surface area contributed by atoms with Crippen molar-refractivity contribution in [1.82, 2.24) is 10.2 Å². The lowest BCUT2D eigenvalue weighted by atomic mass is 10.1. The van der Waals surface area contributed by atoms with Crippen LogP contribution in [0.5, 0.6) is 0 Å². The average Bonchev–Trinajstić information content (AvgIpc) is 2.39. The van der Waals surface area contributed by atoms with Crippen molar-refractivity contribution in [2.75, 3.05) is 6.54 Å². The fraction of sp³-hybridized carbons (Fsp3) is 0.308. The zero-order valence-electron chi connectivity index (χ0n) is 10.2. The first-order valence-corrected chi connectivity index (χ1v) is 5.91. The third-order valence-corrected chi connectivity index (χ3v) is 2.98. The van der Waals surface area contributed by atoms with Crippen molar-refractivity contribution >= 4 is 17.8 Å². The van der Waals surface area contributed by atoms with E-state index in [0.717, 1.165) is 5.56 Å². The van der Waals surface area contributed by atoms with Crippen molar-refractivity contribution in [1.29, 1.82) is 0 Å². The molecule has 1 aromatic carbocycles. The quantitative estimate of drug-likeness (QED) is 0.799. The molecule has 1 heterocycles. The summed E-state index contributed by atoms with van der Waals surface area (Å²) in [7, 11) is 0. The Balaban J connectivity index is 2.19. The molecule has 100 valence electrons. The van der Waals surface area contributed by atoms with E-state index in [4.69, 9.17) is 5.11 Å². The zero-order valence-corrected chi connectivity index (χ0v) is 10.2. The third-order valence-electron chi connectivity index (χ3n) is 2.98. The van der Waals surface area contributed by atoms with Gasteiger partial charge in [-0.1, -0.05) is 30.3 Å². The monoisotopic (exact) mass is 262 g/mol. The number of carbonyl (C=O) groups is 3. The van der Waals surface area contributed by atoms with E-state index in [1.54, 1.807) is 0 Å². The second kappa shape index (κ2) is 5.51. The van der Waals surface area contributed by atoms with Crippen LogP contribution in [0.2, 0.25) is 0 Å². The lowest BCUT2D eigenvalue weighted by Crippen LogP contribution is -2.58. The van der Waals surface area contributed by atoms with Crippen LogP contribution in [0, 0.1) is 0 Å². The van der Waals surface area contributed by atoms with E-state index in [9.17, 15) is 14.4 Å². The number of benzene rings is 1. The highest BCUT2D eigenvalue weighted by atomic mass is 16.4.